The van der Waals surface area contributed by atoms with Crippen LogP contribution in [0.4, 0.5) is 13.2 Å². The summed E-state index contributed by atoms with van der Waals surface area (Å²) in [6.45, 7) is 2.05. The highest BCUT2D eigenvalue weighted by molar-refractivity contribution is 5.89. The molecule has 0 fully saturated rings. The highest BCUT2D eigenvalue weighted by Gasteiger charge is 2.38. The Balaban J connectivity index is 2.61. The Labute approximate surface area is 110 Å². The fourth-order valence-corrected chi connectivity index (χ4v) is 2.33. The van der Waals surface area contributed by atoms with Crippen LogP contribution in [-0.4, -0.2) is 6.18 Å². The van der Waals surface area contributed by atoms with E-state index in [1.54, 1.807) is 18.2 Å². The van der Waals surface area contributed by atoms with Crippen molar-refractivity contribution in [2.75, 3.05) is 0 Å². The van der Waals surface area contributed by atoms with E-state index in [1.165, 1.54) is 6.07 Å². The SMILES string of the molecule is CCCc1cccc2c([C@H](N)C(F)(F)F)cccc12. The van der Waals surface area contributed by atoms with Gasteiger partial charge in [-0.1, -0.05) is 49.7 Å². The molecule has 1 nitrogen and oxygen atoms in total. The first-order valence-corrected chi connectivity index (χ1v) is 6.28. The van der Waals surface area contributed by atoms with Crippen molar-refractivity contribution >= 4 is 10.8 Å². The molecule has 0 saturated carbocycles. The molecule has 0 unspecified atom stereocenters. The predicted molar refractivity (Wildman–Crippen MR) is 70.9 cm³/mol. The Hall–Kier alpha value is -1.55. The van der Waals surface area contributed by atoms with Gasteiger partial charge in [-0.05, 0) is 28.3 Å². The molecule has 0 aliphatic rings. The van der Waals surface area contributed by atoms with E-state index in [9.17, 15) is 13.2 Å². The van der Waals surface area contributed by atoms with Crippen LogP contribution in [0.2, 0.25) is 0 Å². The van der Waals surface area contributed by atoms with Gasteiger partial charge in [-0.15, -0.1) is 0 Å². The van der Waals surface area contributed by atoms with E-state index < -0.39 is 12.2 Å². The topological polar surface area (TPSA) is 26.0 Å². The third kappa shape index (κ3) is 2.73. The van der Waals surface area contributed by atoms with Crippen LogP contribution in [0.3, 0.4) is 0 Å². The summed E-state index contributed by atoms with van der Waals surface area (Å²) in [7, 11) is 0. The van der Waals surface area contributed by atoms with Crippen LogP contribution in [0.25, 0.3) is 10.8 Å². The number of fused-ring (bicyclic) bond motifs is 1. The summed E-state index contributed by atoms with van der Waals surface area (Å²) in [5, 5.41) is 1.46. The Bertz CT molecular complexity index is 575. The van der Waals surface area contributed by atoms with Crippen molar-refractivity contribution < 1.29 is 13.2 Å². The normalized spacial score (nSPS) is 13.7. The molecule has 4 heteroatoms. The monoisotopic (exact) mass is 267 g/mol. The largest absolute Gasteiger partial charge is 0.407 e. The number of halogens is 3. The lowest BCUT2D eigenvalue weighted by atomic mass is 9.94. The quantitative estimate of drug-likeness (QED) is 0.878. The van der Waals surface area contributed by atoms with Gasteiger partial charge in [0.25, 0.3) is 0 Å². The van der Waals surface area contributed by atoms with Crippen LogP contribution in [0.1, 0.15) is 30.5 Å². The van der Waals surface area contributed by atoms with Crippen molar-refractivity contribution in [3.8, 4) is 0 Å². The average Bonchev–Trinajstić information content (AvgIpc) is 2.37. The molecule has 2 aromatic carbocycles. The number of nitrogens with two attached hydrogens (primary N) is 1. The maximum atomic E-state index is 12.8. The fraction of sp³-hybridized carbons (Fsp3) is 0.333. The summed E-state index contributed by atoms with van der Waals surface area (Å²) in [5.41, 5.74) is 6.54. The molecular formula is C15H16F3N. The van der Waals surface area contributed by atoms with Crippen molar-refractivity contribution in [1.82, 2.24) is 0 Å². The van der Waals surface area contributed by atoms with Gasteiger partial charge in [-0.3, -0.25) is 0 Å². The van der Waals surface area contributed by atoms with Gasteiger partial charge in [0.2, 0.25) is 0 Å². The summed E-state index contributed by atoms with van der Waals surface area (Å²) in [6.07, 6.45) is -2.62. The van der Waals surface area contributed by atoms with E-state index in [-0.39, 0.29) is 5.56 Å². The predicted octanol–water partition coefficient (Wildman–Crippen LogP) is 4.35. The minimum absolute atomic E-state index is 0.142. The minimum Gasteiger partial charge on any atom is -0.316 e. The Kier molecular flexibility index (Phi) is 3.80. The van der Waals surface area contributed by atoms with E-state index in [0.29, 0.717) is 5.39 Å². The zero-order valence-corrected chi connectivity index (χ0v) is 10.7. The van der Waals surface area contributed by atoms with Crippen LogP contribution in [0.5, 0.6) is 0 Å². The van der Waals surface area contributed by atoms with Crippen molar-refractivity contribution in [3.63, 3.8) is 0 Å². The molecule has 2 N–H and O–H groups in total. The van der Waals surface area contributed by atoms with Crippen LogP contribution >= 0.6 is 0 Å². The minimum atomic E-state index is -4.42. The summed E-state index contributed by atoms with van der Waals surface area (Å²) in [5.74, 6) is 0. The zero-order chi connectivity index (χ0) is 14.0. The lowest BCUT2D eigenvalue weighted by Crippen LogP contribution is -2.28. The molecule has 1 atom stereocenters. The first-order valence-electron chi connectivity index (χ1n) is 6.28. The van der Waals surface area contributed by atoms with Crippen LogP contribution < -0.4 is 5.73 Å². The average molecular weight is 267 g/mol. The van der Waals surface area contributed by atoms with Crippen molar-refractivity contribution in [3.05, 3.63) is 47.5 Å². The van der Waals surface area contributed by atoms with Gasteiger partial charge in [0, 0.05) is 0 Å². The molecular weight excluding hydrogens is 251 g/mol. The summed E-state index contributed by atoms with van der Waals surface area (Å²) in [6, 6.07) is 8.46. The molecule has 0 spiro atoms. The molecule has 0 aliphatic carbocycles. The Morgan fingerprint density at radius 2 is 1.68 bits per heavy atom. The second kappa shape index (κ2) is 5.21. The standard InChI is InChI=1S/C15H16F3N/c1-2-5-10-6-3-8-12-11(10)7-4-9-13(12)14(19)15(16,17)18/h3-4,6-9,14H,2,5,19H2,1H3/t14-/m0/s1. The fourth-order valence-electron chi connectivity index (χ4n) is 2.33. The number of hydrogen-bond acceptors (Lipinski definition) is 1. The third-order valence-electron chi connectivity index (χ3n) is 3.25. The van der Waals surface area contributed by atoms with Gasteiger partial charge in [0.1, 0.15) is 6.04 Å². The molecule has 0 bridgehead atoms. The lowest BCUT2D eigenvalue weighted by Gasteiger charge is -2.18. The summed E-state index contributed by atoms with van der Waals surface area (Å²) in [4.78, 5) is 0. The number of benzene rings is 2. The van der Waals surface area contributed by atoms with E-state index >= 15 is 0 Å². The van der Waals surface area contributed by atoms with Gasteiger partial charge in [-0.2, -0.15) is 13.2 Å². The number of hydrogen-bond donors (Lipinski definition) is 1. The molecule has 0 heterocycles. The summed E-state index contributed by atoms with van der Waals surface area (Å²) >= 11 is 0. The number of aryl methyl sites for hydroxylation is 1. The molecule has 0 amide bonds. The third-order valence-corrected chi connectivity index (χ3v) is 3.25. The van der Waals surface area contributed by atoms with E-state index in [4.69, 9.17) is 5.73 Å². The Morgan fingerprint density at radius 3 is 2.32 bits per heavy atom. The van der Waals surface area contributed by atoms with Crippen molar-refractivity contribution in [2.24, 2.45) is 5.73 Å². The van der Waals surface area contributed by atoms with E-state index in [0.717, 1.165) is 23.8 Å². The molecule has 0 aliphatic heterocycles. The zero-order valence-electron chi connectivity index (χ0n) is 10.7. The van der Waals surface area contributed by atoms with Gasteiger partial charge < -0.3 is 5.73 Å². The van der Waals surface area contributed by atoms with Crippen LogP contribution in [-0.2, 0) is 6.42 Å². The van der Waals surface area contributed by atoms with Gasteiger partial charge >= 0.3 is 6.18 Å². The second-order valence-electron chi connectivity index (χ2n) is 4.63. The molecule has 0 aromatic heterocycles. The smallest absolute Gasteiger partial charge is 0.316 e. The molecule has 0 radical (unpaired) electrons. The number of rotatable bonds is 3. The van der Waals surface area contributed by atoms with Gasteiger partial charge in [0.15, 0.2) is 0 Å². The number of alkyl halides is 3. The van der Waals surface area contributed by atoms with Crippen LogP contribution in [0, 0.1) is 0 Å². The molecule has 2 rings (SSSR count). The first-order chi connectivity index (χ1) is 8.95. The molecule has 0 saturated heterocycles. The molecule has 102 valence electrons. The highest BCUT2D eigenvalue weighted by atomic mass is 19.4. The maximum Gasteiger partial charge on any atom is 0.407 e. The lowest BCUT2D eigenvalue weighted by molar-refractivity contribution is -0.148. The van der Waals surface area contributed by atoms with Gasteiger partial charge in [-0.25, -0.2) is 0 Å². The van der Waals surface area contributed by atoms with E-state index in [2.05, 4.69) is 0 Å². The molecule has 19 heavy (non-hydrogen) atoms. The molecule has 2 aromatic rings. The second-order valence-corrected chi connectivity index (χ2v) is 4.63. The van der Waals surface area contributed by atoms with Gasteiger partial charge in [0.05, 0.1) is 0 Å². The first kappa shape index (κ1) is 13.9. The highest BCUT2D eigenvalue weighted by Crippen LogP contribution is 2.35. The van der Waals surface area contributed by atoms with Crippen molar-refractivity contribution in [1.29, 1.82) is 0 Å². The van der Waals surface area contributed by atoms with E-state index in [1.807, 2.05) is 19.1 Å². The Morgan fingerprint density at radius 1 is 1.05 bits per heavy atom. The van der Waals surface area contributed by atoms with Crippen LogP contribution in [0.15, 0.2) is 36.4 Å². The van der Waals surface area contributed by atoms with Crippen molar-refractivity contribution in [2.45, 2.75) is 32.0 Å². The maximum absolute atomic E-state index is 12.8. The summed E-state index contributed by atoms with van der Waals surface area (Å²) < 4.78 is 38.4.